The summed E-state index contributed by atoms with van der Waals surface area (Å²) in [4.78, 5) is 12.1. The molecule has 0 radical (unpaired) electrons. The summed E-state index contributed by atoms with van der Waals surface area (Å²) in [5.41, 5.74) is 0.712. The summed E-state index contributed by atoms with van der Waals surface area (Å²) in [7, 11) is 0. The van der Waals surface area contributed by atoms with Gasteiger partial charge in [-0.1, -0.05) is 24.3 Å². The summed E-state index contributed by atoms with van der Waals surface area (Å²) in [5, 5.41) is 0. The molecule has 21 heavy (non-hydrogen) atoms. The quantitative estimate of drug-likeness (QED) is 0.729. The molecule has 2 aromatic rings. The van der Waals surface area contributed by atoms with Gasteiger partial charge in [-0.3, -0.25) is 4.79 Å². The van der Waals surface area contributed by atoms with E-state index in [4.69, 9.17) is 0 Å². The van der Waals surface area contributed by atoms with Crippen molar-refractivity contribution < 1.29 is 22.7 Å². The Morgan fingerprint density at radius 3 is 2.62 bits per heavy atom. The summed E-state index contributed by atoms with van der Waals surface area (Å²) in [6.45, 7) is -2.95. The Kier molecular flexibility index (Phi) is 5.01. The highest BCUT2D eigenvalue weighted by atomic mass is 79.9. The first-order chi connectivity index (χ1) is 9.97. The van der Waals surface area contributed by atoms with Crippen LogP contribution in [0.2, 0.25) is 0 Å². The van der Waals surface area contributed by atoms with Crippen LogP contribution in [0.15, 0.2) is 46.9 Å². The summed E-state index contributed by atoms with van der Waals surface area (Å²) in [6, 6.07) is 9.90. The summed E-state index contributed by atoms with van der Waals surface area (Å²) < 4.78 is 42.1. The van der Waals surface area contributed by atoms with E-state index in [9.17, 15) is 18.0 Å². The van der Waals surface area contributed by atoms with Crippen molar-refractivity contribution in [1.82, 2.24) is 0 Å². The van der Waals surface area contributed by atoms with Crippen LogP contribution in [0.25, 0.3) is 0 Å². The van der Waals surface area contributed by atoms with Crippen LogP contribution in [-0.2, 0) is 6.42 Å². The fraction of sp³-hybridized carbons (Fsp3) is 0.133. The molecule has 0 unspecified atom stereocenters. The number of benzene rings is 2. The van der Waals surface area contributed by atoms with Gasteiger partial charge in [-0.05, 0) is 39.7 Å². The molecule has 2 rings (SSSR count). The molecule has 0 fully saturated rings. The van der Waals surface area contributed by atoms with Crippen molar-refractivity contribution in [3.8, 4) is 5.75 Å². The molecule has 2 aromatic carbocycles. The molecule has 0 spiro atoms. The average molecular weight is 359 g/mol. The monoisotopic (exact) mass is 358 g/mol. The van der Waals surface area contributed by atoms with Crippen molar-refractivity contribution in [2.24, 2.45) is 0 Å². The van der Waals surface area contributed by atoms with Crippen molar-refractivity contribution in [3.63, 3.8) is 0 Å². The average Bonchev–Trinajstić information content (AvgIpc) is 2.43. The molecule has 0 saturated heterocycles. The minimum Gasteiger partial charge on any atom is -0.435 e. The molecule has 0 atom stereocenters. The van der Waals surface area contributed by atoms with Crippen molar-refractivity contribution in [3.05, 3.63) is 63.9 Å². The number of Topliss-reactive ketones (excluding diaryl/α,β-unsaturated/α-hetero) is 1. The summed E-state index contributed by atoms with van der Waals surface area (Å²) >= 11 is 3.08. The van der Waals surface area contributed by atoms with E-state index in [0.29, 0.717) is 5.56 Å². The Morgan fingerprint density at radius 1 is 1.19 bits per heavy atom. The smallest absolute Gasteiger partial charge is 0.387 e. The Labute approximate surface area is 127 Å². The molecule has 0 aromatic heterocycles. The van der Waals surface area contributed by atoms with Gasteiger partial charge < -0.3 is 4.74 Å². The molecule has 0 saturated carbocycles. The lowest BCUT2D eigenvalue weighted by Crippen LogP contribution is -2.06. The molecule has 2 nitrogen and oxygen atoms in total. The van der Waals surface area contributed by atoms with E-state index in [1.54, 1.807) is 6.07 Å². The Hall–Kier alpha value is -1.82. The zero-order chi connectivity index (χ0) is 15.4. The maximum absolute atomic E-state index is 13.4. The number of alkyl halides is 2. The third-order valence-electron chi connectivity index (χ3n) is 2.76. The van der Waals surface area contributed by atoms with Crippen LogP contribution in [0, 0.1) is 5.82 Å². The van der Waals surface area contributed by atoms with Crippen molar-refractivity contribution in [1.29, 1.82) is 0 Å². The van der Waals surface area contributed by atoms with E-state index in [1.807, 2.05) is 0 Å². The largest absolute Gasteiger partial charge is 0.435 e. The Morgan fingerprint density at radius 2 is 1.90 bits per heavy atom. The van der Waals surface area contributed by atoms with Crippen molar-refractivity contribution in [2.75, 3.05) is 0 Å². The van der Waals surface area contributed by atoms with E-state index in [0.717, 1.165) is 0 Å². The molecular formula is C15H10BrF3O2. The molecule has 0 N–H and O–H groups in total. The van der Waals surface area contributed by atoms with E-state index in [1.165, 1.54) is 36.4 Å². The van der Waals surface area contributed by atoms with Gasteiger partial charge in [0.2, 0.25) is 0 Å². The van der Waals surface area contributed by atoms with Crippen LogP contribution in [0.3, 0.4) is 0 Å². The van der Waals surface area contributed by atoms with Gasteiger partial charge in [0.25, 0.3) is 0 Å². The number of halogens is 4. The standard InChI is InChI=1S/C15H10BrF3O2/c16-14-10(4-2-6-12(14)17)8-13(20)9-3-1-5-11(7-9)21-15(18)19/h1-7,15H,8H2. The number of ether oxygens (including phenoxy) is 1. The van der Waals surface area contributed by atoms with Crippen molar-refractivity contribution in [2.45, 2.75) is 13.0 Å². The van der Waals surface area contributed by atoms with Gasteiger partial charge in [0.05, 0.1) is 4.47 Å². The van der Waals surface area contributed by atoms with E-state index in [2.05, 4.69) is 20.7 Å². The number of rotatable bonds is 5. The first kappa shape index (κ1) is 15.6. The van der Waals surface area contributed by atoms with Crippen LogP contribution in [-0.4, -0.2) is 12.4 Å². The van der Waals surface area contributed by atoms with Gasteiger partial charge in [-0.15, -0.1) is 0 Å². The second-order valence-corrected chi connectivity index (χ2v) is 5.01. The highest BCUT2D eigenvalue weighted by Gasteiger charge is 2.13. The number of carbonyl (C=O) groups excluding carboxylic acids is 1. The molecule has 6 heteroatoms. The first-order valence-electron chi connectivity index (χ1n) is 5.98. The third-order valence-corrected chi connectivity index (χ3v) is 3.65. The predicted molar refractivity (Wildman–Crippen MR) is 75.2 cm³/mol. The molecule has 0 amide bonds. The number of hydrogen-bond acceptors (Lipinski definition) is 2. The van der Waals surface area contributed by atoms with Crippen molar-refractivity contribution >= 4 is 21.7 Å². The molecule has 0 aliphatic carbocycles. The lowest BCUT2D eigenvalue weighted by atomic mass is 10.0. The number of hydrogen-bond donors (Lipinski definition) is 0. The van der Waals surface area contributed by atoms with Crippen LogP contribution in [0.1, 0.15) is 15.9 Å². The Bertz CT molecular complexity index is 659. The maximum Gasteiger partial charge on any atom is 0.387 e. The van der Waals surface area contributed by atoms with Gasteiger partial charge in [0, 0.05) is 12.0 Å². The first-order valence-corrected chi connectivity index (χ1v) is 6.77. The van der Waals surface area contributed by atoms with Crippen LogP contribution < -0.4 is 4.74 Å². The van der Waals surface area contributed by atoms with Gasteiger partial charge in [-0.25, -0.2) is 4.39 Å². The zero-order valence-electron chi connectivity index (χ0n) is 10.7. The summed E-state index contributed by atoms with van der Waals surface area (Å²) in [5.74, 6) is -0.870. The maximum atomic E-state index is 13.4. The number of ketones is 1. The second-order valence-electron chi connectivity index (χ2n) is 4.22. The highest BCUT2D eigenvalue weighted by Crippen LogP contribution is 2.23. The molecule has 0 bridgehead atoms. The third kappa shape index (κ3) is 4.07. The minimum atomic E-state index is -2.95. The second kappa shape index (κ2) is 6.76. The minimum absolute atomic E-state index is 0.0452. The summed E-state index contributed by atoms with van der Waals surface area (Å²) in [6.07, 6.45) is -0.0452. The lowest BCUT2D eigenvalue weighted by molar-refractivity contribution is -0.0498. The van der Waals surface area contributed by atoms with Gasteiger partial charge in [0.15, 0.2) is 5.78 Å². The number of carbonyl (C=O) groups is 1. The van der Waals surface area contributed by atoms with Crippen LogP contribution in [0.5, 0.6) is 5.75 Å². The highest BCUT2D eigenvalue weighted by molar-refractivity contribution is 9.10. The SMILES string of the molecule is O=C(Cc1cccc(F)c1Br)c1cccc(OC(F)F)c1. The van der Waals surface area contributed by atoms with E-state index >= 15 is 0 Å². The van der Waals surface area contributed by atoms with Gasteiger partial charge in [-0.2, -0.15) is 8.78 Å². The van der Waals surface area contributed by atoms with Gasteiger partial charge in [0.1, 0.15) is 11.6 Å². The fourth-order valence-corrected chi connectivity index (χ4v) is 2.21. The van der Waals surface area contributed by atoms with Crippen LogP contribution >= 0.6 is 15.9 Å². The molecule has 0 heterocycles. The van der Waals surface area contributed by atoms with Gasteiger partial charge >= 0.3 is 6.61 Å². The van der Waals surface area contributed by atoms with E-state index < -0.39 is 12.4 Å². The molecule has 0 aliphatic heterocycles. The normalized spacial score (nSPS) is 10.7. The van der Waals surface area contributed by atoms with Crippen LogP contribution in [0.4, 0.5) is 13.2 Å². The Balaban J connectivity index is 2.18. The lowest BCUT2D eigenvalue weighted by Gasteiger charge is -2.07. The molecule has 0 aliphatic rings. The predicted octanol–water partition coefficient (Wildman–Crippen LogP) is 4.62. The topological polar surface area (TPSA) is 26.3 Å². The molecule has 110 valence electrons. The zero-order valence-corrected chi connectivity index (χ0v) is 12.2. The molecular weight excluding hydrogens is 349 g/mol. The van der Waals surface area contributed by atoms with E-state index in [-0.39, 0.29) is 28.0 Å². The fourth-order valence-electron chi connectivity index (χ4n) is 1.81.